The Balaban J connectivity index is 2.38. The molecule has 4 atom stereocenters. The van der Waals surface area contributed by atoms with Crippen molar-refractivity contribution in [2.75, 3.05) is 40.9 Å². The van der Waals surface area contributed by atoms with E-state index in [2.05, 4.69) is 20.9 Å². The van der Waals surface area contributed by atoms with Gasteiger partial charge in [-0.3, -0.25) is 10.1 Å². The van der Waals surface area contributed by atoms with Crippen LogP contribution < -0.4 is 27.4 Å². The largest absolute Gasteiger partial charge is 0.356 e. The number of hydrogen-bond donors (Lipinski definition) is 5. The quantitative estimate of drug-likeness (QED) is 0.246. The van der Waals surface area contributed by atoms with Crippen LogP contribution in [0.3, 0.4) is 0 Å². The van der Waals surface area contributed by atoms with Crippen LogP contribution in [0.15, 0.2) is 0 Å². The van der Waals surface area contributed by atoms with Crippen molar-refractivity contribution in [3.05, 3.63) is 0 Å². The SMILES string of the molecule is CNC1C(N)C(C(=O)NCCCN(C)C)C1NCN. The first kappa shape index (κ1) is 16.3. The lowest BCUT2D eigenvalue weighted by Gasteiger charge is -2.49. The Labute approximate surface area is 115 Å². The van der Waals surface area contributed by atoms with Gasteiger partial charge in [0.25, 0.3) is 0 Å². The van der Waals surface area contributed by atoms with Crippen molar-refractivity contribution in [1.82, 2.24) is 20.9 Å². The molecule has 1 fully saturated rings. The fourth-order valence-corrected chi connectivity index (χ4v) is 2.60. The molecular formula is C12H28N6O. The highest BCUT2D eigenvalue weighted by Gasteiger charge is 2.51. The topological polar surface area (TPSA) is 108 Å². The van der Waals surface area contributed by atoms with Gasteiger partial charge in [0.05, 0.1) is 5.92 Å². The van der Waals surface area contributed by atoms with Crippen LogP contribution in [0.1, 0.15) is 6.42 Å². The Morgan fingerprint density at radius 3 is 2.53 bits per heavy atom. The van der Waals surface area contributed by atoms with E-state index in [1.807, 2.05) is 21.1 Å². The van der Waals surface area contributed by atoms with Gasteiger partial charge in [0.15, 0.2) is 0 Å². The molecule has 7 heteroatoms. The Morgan fingerprint density at radius 2 is 2.00 bits per heavy atom. The van der Waals surface area contributed by atoms with Crippen molar-refractivity contribution in [1.29, 1.82) is 0 Å². The molecule has 7 N–H and O–H groups in total. The van der Waals surface area contributed by atoms with E-state index in [0.29, 0.717) is 13.2 Å². The molecule has 0 saturated heterocycles. The van der Waals surface area contributed by atoms with Gasteiger partial charge in [-0.15, -0.1) is 0 Å². The van der Waals surface area contributed by atoms with Gasteiger partial charge in [-0.1, -0.05) is 0 Å². The van der Waals surface area contributed by atoms with Crippen LogP contribution in [-0.4, -0.2) is 69.8 Å². The molecule has 1 rings (SSSR count). The van der Waals surface area contributed by atoms with Gasteiger partial charge >= 0.3 is 0 Å². The monoisotopic (exact) mass is 272 g/mol. The number of carbonyl (C=O) groups excluding carboxylic acids is 1. The average Bonchev–Trinajstić information content (AvgIpc) is 2.35. The fourth-order valence-electron chi connectivity index (χ4n) is 2.60. The number of carbonyl (C=O) groups is 1. The van der Waals surface area contributed by atoms with Crippen molar-refractivity contribution in [3.63, 3.8) is 0 Å². The lowest BCUT2D eigenvalue weighted by molar-refractivity contribution is -0.131. The van der Waals surface area contributed by atoms with E-state index >= 15 is 0 Å². The number of nitrogens with one attached hydrogen (secondary N) is 3. The minimum absolute atomic E-state index is 0.0128. The van der Waals surface area contributed by atoms with E-state index in [1.54, 1.807) is 0 Å². The number of rotatable bonds is 8. The summed E-state index contributed by atoms with van der Waals surface area (Å²) in [6, 6.07) is -0.0529. The van der Waals surface area contributed by atoms with Crippen LogP contribution in [-0.2, 0) is 4.79 Å². The molecule has 1 amide bonds. The number of likely N-dealkylation sites (N-methyl/N-ethyl adjacent to an activating group) is 1. The highest BCUT2D eigenvalue weighted by atomic mass is 16.2. The highest BCUT2D eigenvalue weighted by molar-refractivity contribution is 5.82. The molecule has 7 nitrogen and oxygen atoms in total. The van der Waals surface area contributed by atoms with Crippen molar-refractivity contribution >= 4 is 5.91 Å². The summed E-state index contributed by atoms with van der Waals surface area (Å²) in [6.45, 7) is 1.99. The third-order valence-corrected chi connectivity index (χ3v) is 3.67. The Hall–Kier alpha value is -0.730. The van der Waals surface area contributed by atoms with Gasteiger partial charge in [0.1, 0.15) is 0 Å². The normalized spacial score (nSPS) is 30.2. The standard InChI is InChI=1S/C12H28N6O/c1-15-11-9(14)8(10(11)17-7-13)12(19)16-5-4-6-18(2)3/h8-11,15,17H,4-7,13-14H2,1-3H3,(H,16,19). The molecule has 0 bridgehead atoms. The Kier molecular flexibility index (Phi) is 6.67. The van der Waals surface area contributed by atoms with Gasteiger partial charge in [0, 0.05) is 31.3 Å². The van der Waals surface area contributed by atoms with E-state index in [9.17, 15) is 4.79 Å². The summed E-state index contributed by atoms with van der Waals surface area (Å²) in [5.41, 5.74) is 11.5. The summed E-state index contributed by atoms with van der Waals surface area (Å²) in [4.78, 5) is 14.2. The fraction of sp³-hybridized carbons (Fsp3) is 0.917. The van der Waals surface area contributed by atoms with E-state index in [1.165, 1.54) is 0 Å². The third-order valence-electron chi connectivity index (χ3n) is 3.67. The van der Waals surface area contributed by atoms with Crippen LogP contribution in [0, 0.1) is 5.92 Å². The van der Waals surface area contributed by atoms with Gasteiger partial charge in [-0.25, -0.2) is 0 Å². The van der Waals surface area contributed by atoms with Crippen molar-refractivity contribution in [2.24, 2.45) is 17.4 Å². The minimum Gasteiger partial charge on any atom is -0.356 e. The van der Waals surface area contributed by atoms with Crippen LogP contribution in [0.25, 0.3) is 0 Å². The van der Waals surface area contributed by atoms with E-state index in [0.717, 1.165) is 13.0 Å². The predicted molar refractivity (Wildman–Crippen MR) is 76.5 cm³/mol. The van der Waals surface area contributed by atoms with Crippen LogP contribution in [0.2, 0.25) is 0 Å². The van der Waals surface area contributed by atoms with Gasteiger partial charge in [0.2, 0.25) is 5.91 Å². The summed E-state index contributed by atoms with van der Waals surface area (Å²) >= 11 is 0. The second kappa shape index (κ2) is 7.76. The molecule has 0 spiro atoms. The molecule has 0 aromatic heterocycles. The number of nitrogens with zero attached hydrogens (tertiary/aromatic N) is 1. The van der Waals surface area contributed by atoms with Crippen LogP contribution >= 0.6 is 0 Å². The van der Waals surface area contributed by atoms with Gasteiger partial charge < -0.3 is 27.0 Å². The molecule has 1 aliphatic carbocycles. The molecule has 112 valence electrons. The Morgan fingerprint density at radius 1 is 1.32 bits per heavy atom. The maximum absolute atomic E-state index is 12.1. The van der Waals surface area contributed by atoms with Crippen LogP contribution in [0.5, 0.6) is 0 Å². The summed E-state index contributed by atoms with van der Waals surface area (Å²) in [5, 5.41) is 9.19. The average molecular weight is 272 g/mol. The zero-order chi connectivity index (χ0) is 14.4. The lowest BCUT2D eigenvalue weighted by Crippen LogP contribution is -2.76. The summed E-state index contributed by atoms with van der Waals surface area (Å²) in [5.74, 6) is -0.191. The number of hydrogen-bond acceptors (Lipinski definition) is 6. The second-order valence-corrected chi connectivity index (χ2v) is 5.30. The second-order valence-electron chi connectivity index (χ2n) is 5.30. The first-order valence-corrected chi connectivity index (χ1v) is 6.81. The molecular weight excluding hydrogens is 244 g/mol. The maximum Gasteiger partial charge on any atom is 0.226 e. The summed E-state index contributed by atoms with van der Waals surface area (Å²) in [6.07, 6.45) is 0.936. The molecule has 0 aromatic rings. The molecule has 0 heterocycles. The molecule has 4 unspecified atom stereocenters. The Bertz CT molecular complexity index is 285. The predicted octanol–water partition coefficient (Wildman–Crippen LogP) is -2.53. The van der Waals surface area contributed by atoms with Crippen LogP contribution in [0.4, 0.5) is 0 Å². The first-order valence-electron chi connectivity index (χ1n) is 6.81. The lowest BCUT2D eigenvalue weighted by atomic mass is 9.69. The van der Waals surface area contributed by atoms with Gasteiger partial charge in [-0.05, 0) is 34.1 Å². The zero-order valence-electron chi connectivity index (χ0n) is 12.1. The first-order chi connectivity index (χ1) is 9.02. The van der Waals surface area contributed by atoms with E-state index < -0.39 is 0 Å². The number of amides is 1. The smallest absolute Gasteiger partial charge is 0.226 e. The molecule has 0 radical (unpaired) electrons. The van der Waals surface area contributed by atoms with Crippen molar-refractivity contribution in [2.45, 2.75) is 24.5 Å². The molecule has 1 saturated carbocycles. The molecule has 1 aliphatic rings. The summed E-state index contributed by atoms with van der Waals surface area (Å²) < 4.78 is 0. The van der Waals surface area contributed by atoms with E-state index in [-0.39, 0.29) is 30.0 Å². The summed E-state index contributed by atoms with van der Waals surface area (Å²) in [7, 11) is 5.88. The van der Waals surface area contributed by atoms with Gasteiger partial charge in [-0.2, -0.15) is 0 Å². The molecule has 0 aromatic carbocycles. The van der Waals surface area contributed by atoms with Crippen molar-refractivity contribution in [3.8, 4) is 0 Å². The zero-order valence-corrected chi connectivity index (χ0v) is 12.1. The highest BCUT2D eigenvalue weighted by Crippen LogP contribution is 2.27. The van der Waals surface area contributed by atoms with Crippen molar-refractivity contribution < 1.29 is 4.79 Å². The molecule has 19 heavy (non-hydrogen) atoms. The van der Waals surface area contributed by atoms with E-state index in [4.69, 9.17) is 11.5 Å². The molecule has 0 aliphatic heterocycles. The minimum atomic E-state index is -0.208. The number of nitrogens with two attached hydrogens (primary N) is 2. The maximum atomic E-state index is 12.1. The third kappa shape index (κ3) is 4.12.